The zero-order valence-corrected chi connectivity index (χ0v) is 11.9. The van der Waals surface area contributed by atoms with Gasteiger partial charge in [-0.15, -0.1) is 0 Å². The number of nitrogens with zero attached hydrogens (tertiary/aromatic N) is 1. The van der Waals surface area contributed by atoms with E-state index in [1.807, 2.05) is 6.92 Å². The third-order valence-electron chi connectivity index (χ3n) is 2.86. The minimum Gasteiger partial charge on any atom is -0.480 e. The summed E-state index contributed by atoms with van der Waals surface area (Å²) in [7, 11) is 0. The molecule has 1 aromatic rings. The Bertz CT molecular complexity index is 504. The van der Waals surface area contributed by atoms with Gasteiger partial charge in [0, 0.05) is 5.69 Å². The van der Waals surface area contributed by atoms with E-state index in [1.54, 1.807) is 39.8 Å². The number of carboxylic acids is 1. The summed E-state index contributed by atoms with van der Waals surface area (Å²) in [6.07, 6.45) is 0. The van der Waals surface area contributed by atoms with Crippen LogP contribution in [0.4, 0.5) is 0 Å². The van der Waals surface area contributed by atoms with Crippen molar-refractivity contribution in [2.45, 2.75) is 40.7 Å². The fourth-order valence-corrected chi connectivity index (χ4v) is 1.78. The van der Waals surface area contributed by atoms with Gasteiger partial charge in [0.2, 0.25) is 0 Å². The molecule has 1 aromatic heterocycles. The molecule has 0 saturated heterocycles. The monoisotopic (exact) mass is 264 g/mol. The number of carbonyl (C=O) groups excluding carboxylic acids is 1. The number of hydrogen-bond acceptors (Lipinski definition) is 3. The number of aromatic nitrogens is 1. The molecular weight excluding hydrogens is 244 g/mol. The summed E-state index contributed by atoms with van der Waals surface area (Å²) < 4.78 is 0. The molecular formula is C14H20N2O3. The second kappa shape index (κ2) is 5.38. The molecule has 0 bridgehead atoms. The van der Waals surface area contributed by atoms with Crippen LogP contribution in [0, 0.1) is 19.3 Å². The number of amides is 1. The van der Waals surface area contributed by atoms with Crippen molar-refractivity contribution in [1.29, 1.82) is 0 Å². The van der Waals surface area contributed by atoms with Crippen LogP contribution < -0.4 is 5.32 Å². The first-order valence-corrected chi connectivity index (χ1v) is 6.11. The van der Waals surface area contributed by atoms with Crippen molar-refractivity contribution in [3.8, 4) is 0 Å². The molecule has 0 radical (unpaired) electrons. The minimum absolute atomic E-state index is 0.404. The van der Waals surface area contributed by atoms with Gasteiger partial charge in [-0.2, -0.15) is 0 Å². The zero-order valence-electron chi connectivity index (χ0n) is 11.9. The van der Waals surface area contributed by atoms with E-state index in [0.717, 1.165) is 5.69 Å². The number of aryl methyl sites for hydroxylation is 2. The molecule has 0 aliphatic heterocycles. The summed E-state index contributed by atoms with van der Waals surface area (Å²) in [6.45, 7) is 8.88. The second-order valence-corrected chi connectivity index (χ2v) is 5.70. The van der Waals surface area contributed by atoms with Crippen molar-refractivity contribution in [3.63, 3.8) is 0 Å². The molecule has 1 rings (SSSR count). The predicted octanol–water partition coefficient (Wildman–Crippen LogP) is 1.93. The average Bonchev–Trinajstić information content (AvgIpc) is 2.23. The lowest BCUT2D eigenvalue weighted by Gasteiger charge is -2.27. The van der Waals surface area contributed by atoms with Gasteiger partial charge in [0.1, 0.15) is 6.04 Å². The molecule has 1 amide bonds. The molecule has 0 spiro atoms. The summed E-state index contributed by atoms with van der Waals surface area (Å²) in [6, 6.07) is 2.45. The Balaban J connectivity index is 2.98. The van der Waals surface area contributed by atoms with Gasteiger partial charge in [0.05, 0.1) is 11.3 Å². The first kappa shape index (κ1) is 15.1. The summed E-state index contributed by atoms with van der Waals surface area (Å²) in [5, 5.41) is 11.7. The molecule has 1 atom stereocenters. The summed E-state index contributed by atoms with van der Waals surface area (Å²) in [4.78, 5) is 27.5. The van der Waals surface area contributed by atoms with Gasteiger partial charge in [0.25, 0.3) is 5.91 Å². The first-order chi connectivity index (χ1) is 8.62. The van der Waals surface area contributed by atoms with Crippen molar-refractivity contribution in [3.05, 3.63) is 29.1 Å². The molecule has 0 aromatic carbocycles. The molecule has 5 heteroatoms. The van der Waals surface area contributed by atoms with Crippen LogP contribution in [0.25, 0.3) is 0 Å². The van der Waals surface area contributed by atoms with Gasteiger partial charge < -0.3 is 10.4 Å². The molecule has 2 N–H and O–H groups in total. The summed E-state index contributed by atoms with van der Waals surface area (Å²) in [5.41, 5.74) is 1.25. The number of carbonyl (C=O) groups is 2. The van der Waals surface area contributed by atoms with E-state index in [1.165, 1.54) is 0 Å². The van der Waals surface area contributed by atoms with Gasteiger partial charge in [0.15, 0.2) is 0 Å². The Labute approximate surface area is 113 Å². The number of aliphatic carboxylic acids is 1. The first-order valence-electron chi connectivity index (χ1n) is 6.11. The quantitative estimate of drug-likeness (QED) is 0.874. The van der Waals surface area contributed by atoms with Gasteiger partial charge in [-0.1, -0.05) is 20.8 Å². The highest BCUT2D eigenvalue weighted by Gasteiger charge is 2.33. The third kappa shape index (κ3) is 3.77. The summed E-state index contributed by atoms with van der Waals surface area (Å²) in [5.74, 6) is -1.45. The molecule has 0 aliphatic rings. The van der Waals surface area contributed by atoms with Crippen molar-refractivity contribution >= 4 is 11.9 Å². The molecule has 1 heterocycles. The molecule has 5 nitrogen and oxygen atoms in total. The van der Waals surface area contributed by atoms with Crippen LogP contribution in [0.5, 0.6) is 0 Å². The predicted molar refractivity (Wildman–Crippen MR) is 72.1 cm³/mol. The van der Waals surface area contributed by atoms with E-state index >= 15 is 0 Å². The van der Waals surface area contributed by atoms with Crippen LogP contribution in [0.15, 0.2) is 12.1 Å². The van der Waals surface area contributed by atoms with Crippen LogP contribution in [-0.2, 0) is 4.79 Å². The van der Waals surface area contributed by atoms with E-state index in [-0.39, 0.29) is 0 Å². The lowest BCUT2D eigenvalue weighted by atomic mass is 9.86. The standard InChI is InChI=1S/C14H20N2O3/c1-8-6-7-10(9(2)15-8)12(17)16-11(13(18)19)14(3,4)5/h6-7,11H,1-5H3,(H,16,17)(H,18,19)/t11-/m0/s1. The zero-order chi connectivity index (χ0) is 14.8. The Morgan fingerprint density at radius 1 is 1.26 bits per heavy atom. The molecule has 0 saturated carbocycles. The van der Waals surface area contributed by atoms with E-state index in [2.05, 4.69) is 10.3 Å². The number of pyridine rings is 1. The maximum Gasteiger partial charge on any atom is 0.326 e. The van der Waals surface area contributed by atoms with Crippen LogP contribution in [0.1, 0.15) is 42.5 Å². The number of rotatable bonds is 3. The lowest BCUT2D eigenvalue weighted by molar-refractivity contribution is -0.142. The molecule has 104 valence electrons. The maximum absolute atomic E-state index is 12.1. The molecule has 0 aliphatic carbocycles. The van der Waals surface area contributed by atoms with Crippen molar-refractivity contribution < 1.29 is 14.7 Å². The van der Waals surface area contributed by atoms with Crippen molar-refractivity contribution in [2.24, 2.45) is 5.41 Å². The van der Waals surface area contributed by atoms with Gasteiger partial charge in [-0.25, -0.2) is 4.79 Å². The summed E-state index contributed by atoms with van der Waals surface area (Å²) >= 11 is 0. The number of hydrogen-bond donors (Lipinski definition) is 2. The topological polar surface area (TPSA) is 79.3 Å². The van der Waals surface area contributed by atoms with Crippen molar-refractivity contribution in [1.82, 2.24) is 10.3 Å². The lowest BCUT2D eigenvalue weighted by Crippen LogP contribution is -2.49. The van der Waals surface area contributed by atoms with Gasteiger partial charge >= 0.3 is 5.97 Å². The maximum atomic E-state index is 12.1. The highest BCUT2D eigenvalue weighted by atomic mass is 16.4. The van der Waals surface area contributed by atoms with Gasteiger partial charge in [-0.3, -0.25) is 9.78 Å². The highest BCUT2D eigenvalue weighted by Crippen LogP contribution is 2.20. The van der Waals surface area contributed by atoms with E-state index < -0.39 is 23.3 Å². The Morgan fingerprint density at radius 2 is 1.84 bits per heavy atom. The fourth-order valence-electron chi connectivity index (χ4n) is 1.78. The van der Waals surface area contributed by atoms with E-state index in [4.69, 9.17) is 0 Å². The van der Waals surface area contributed by atoms with Crippen molar-refractivity contribution in [2.75, 3.05) is 0 Å². The normalized spacial score (nSPS) is 12.9. The Morgan fingerprint density at radius 3 is 2.26 bits per heavy atom. The van der Waals surface area contributed by atoms with E-state index in [9.17, 15) is 14.7 Å². The Hall–Kier alpha value is -1.91. The molecule has 0 fully saturated rings. The van der Waals surface area contributed by atoms with Crippen LogP contribution >= 0.6 is 0 Å². The minimum atomic E-state index is -1.04. The molecule has 0 unspecified atom stereocenters. The number of carboxylic acid groups (broad SMARTS) is 1. The average molecular weight is 264 g/mol. The largest absolute Gasteiger partial charge is 0.480 e. The highest BCUT2D eigenvalue weighted by molar-refractivity contribution is 5.97. The second-order valence-electron chi connectivity index (χ2n) is 5.70. The van der Waals surface area contributed by atoms with Crippen LogP contribution in [-0.4, -0.2) is 28.0 Å². The smallest absolute Gasteiger partial charge is 0.326 e. The SMILES string of the molecule is Cc1ccc(C(=O)N[C@@H](C(=O)O)C(C)(C)C)c(C)n1. The fraction of sp³-hybridized carbons (Fsp3) is 0.500. The van der Waals surface area contributed by atoms with E-state index in [0.29, 0.717) is 11.3 Å². The van der Waals surface area contributed by atoms with Crippen LogP contribution in [0.3, 0.4) is 0 Å². The molecule has 19 heavy (non-hydrogen) atoms. The number of nitrogens with one attached hydrogen (secondary N) is 1. The van der Waals surface area contributed by atoms with Gasteiger partial charge in [-0.05, 0) is 31.4 Å². The third-order valence-corrected chi connectivity index (χ3v) is 2.86. The Kier molecular flexibility index (Phi) is 4.29. The van der Waals surface area contributed by atoms with Crippen LogP contribution in [0.2, 0.25) is 0 Å².